The molecule has 0 spiro atoms. The van der Waals surface area contributed by atoms with Crippen LogP contribution in [0.3, 0.4) is 0 Å². The molecule has 6 heteroatoms. The van der Waals surface area contributed by atoms with Crippen LogP contribution in [0, 0.1) is 23.7 Å². The normalized spacial score (nSPS) is 14.5. The van der Waals surface area contributed by atoms with Gasteiger partial charge in [-0.15, -0.1) is 6.42 Å². The molecule has 0 heterocycles. The number of aryl methyl sites for hydroxylation is 2. The van der Waals surface area contributed by atoms with Crippen molar-refractivity contribution < 1.29 is 28.7 Å². The van der Waals surface area contributed by atoms with Crippen LogP contribution in [0.5, 0.6) is 0 Å². The molecule has 2 unspecified atom stereocenters. The first kappa shape index (κ1) is 43.1. The minimum Gasteiger partial charge on any atom is -0.465 e. The average Bonchev–Trinajstić information content (AvgIpc) is 3.77. The number of benzene rings is 2. The fraction of sp³-hybridized carbons (Fsp3) is 0.487. The molecule has 248 valence electrons. The van der Waals surface area contributed by atoms with Gasteiger partial charge in [-0.3, -0.25) is 19.2 Å². The summed E-state index contributed by atoms with van der Waals surface area (Å²) in [5.41, 5.74) is 4.20. The highest BCUT2D eigenvalue weighted by atomic mass is 16.5. The average molecular weight is 621 g/mol. The van der Waals surface area contributed by atoms with Crippen molar-refractivity contribution in [1.29, 1.82) is 0 Å². The van der Waals surface area contributed by atoms with E-state index in [0.717, 1.165) is 23.1 Å². The van der Waals surface area contributed by atoms with Crippen LogP contribution in [0.15, 0.2) is 54.6 Å². The smallest absolute Gasteiger partial charge is 0.328 e. The van der Waals surface area contributed by atoms with Gasteiger partial charge in [0.1, 0.15) is 11.7 Å². The zero-order chi connectivity index (χ0) is 32.4. The summed E-state index contributed by atoms with van der Waals surface area (Å²) in [4.78, 5) is 45.2. The number of ether oxygens (including phenoxy) is 2. The van der Waals surface area contributed by atoms with Gasteiger partial charge in [0.15, 0.2) is 11.2 Å². The van der Waals surface area contributed by atoms with Crippen molar-refractivity contribution in [3.63, 3.8) is 0 Å². The minimum absolute atomic E-state index is 0. The van der Waals surface area contributed by atoms with Crippen LogP contribution in [0.25, 0.3) is 5.57 Å². The van der Waals surface area contributed by atoms with Gasteiger partial charge in [0.05, 0.1) is 13.2 Å². The van der Waals surface area contributed by atoms with Crippen molar-refractivity contribution >= 4 is 29.1 Å². The van der Waals surface area contributed by atoms with Crippen LogP contribution in [0.4, 0.5) is 0 Å². The molecule has 0 N–H and O–H groups in total. The lowest BCUT2D eigenvalue weighted by molar-refractivity contribution is -0.152. The first-order valence-corrected chi connectivity index (χ1v) is 15.3. The molecule has 2 atom stereocenters. The second-order valence-corrected chi connectivity index (χ2v) is 10.5. The van der Waals surface area contributed by atoms with Crippen molar-refractivity contribution in [3.05, 3.63) is 76.9 Å². The first-order chi connectivity index (χ1) is 20.5. The van der Waals surface area contributed by atoms with Gasteiger partial charge in [-0.1, -0.05) is 83.9 Å². The number of rotatable bonds is 13. The fourth-order valence-corrected chi connectivity index (χ4v) is 4.15. The predicted octanol–water partition coefficient (Wildman–Crippen LogP) is 8.62. The maximum absolute atomic E-state index is 12.1. The van der Waals surface area contributed by atoms with Crippen LogP contribution in [-0.2, 0) is 41.5 Å². The van der Waals surface area contributed by atoms with E-state index in [9.17, 15) is 19.2 Å². The van der Waals surface area contributed by atoms with E-state index in [4.69, 9.17) is 11.2 Å². The summed E-state index contributed by atoms with van der Waals surface area (Å²) in [5, 5.41) is 0. The number of hydrogen-bond acceptors (Lipinski definition) is 6. The van der Waals surface area contributed by atoms with Crippen molar-refractivity contribution in [2.45, 2.75) is 102 Å². The van der Waals surface area contributed by atoms with Crippen LogP contribution in [-0.4, -0.2) is 36.7 Å². The minimum atomic E-state index is -1.14. The topological polar surface area (TPSA) is 86.7 Å². The summed E-state index contributed by atoms with van der Waals surface area (Å²) in [6.07, 6.45) is 14.0. The van der Waals surface area contributed by atoms with E-state index in [1.54, 1.807) is 26.8 Å². The number of ketones is 2. The summed E-state index contributed by atoms with van der Waals surface area (Å²) in [5.74, 6) is 0.779. The molecule has 6 nitrogen and oxygen atoms in total. The zero-order valence-corrected chi connectivity index (χ0v) is 27.0. The molecule has 0 fully saturated rings. The molecule has 3 rings (SSSR count). The first-order valence-electron chi connectivity index (χ1n) is 15.3. The number of Topliss-reactive ketones (excluding diaryl/α,β-unsaturated/α-hetero) is 2. The molecular weight excluding hydrogens is 564 g/mol. The van der Waals surface area contributed by atoms with E-state index in [-0.39, 0.29) is 33.0 Å². The van der Waals surface area contributed by atoms with E-state index >= 15 is 0 Å². The van der Waals surface area contributed by atoms with Gasteiger partial charge in [0.2, 0.25) is 0 Å². The highest BCUT2D eigenvalue weighted by molar-refractivity contribution is 6.24. The highest BCUT2D eigenvalue weighted by Gasteiger charge is 2.56. The second-order valence-electron chi connectivity index (χ2n) is 10.5. The summed E-state index contributed by atoms with van der Waals surface area (Å²) in [6.45, 7) is 12.8. The molecule has 0 aliphatic heterocycles. The van der Waals surface area contributed by atoms with Gasteiger partial charge in [-0.05, 0) is 101 Å². The molecule has 0 bridgehead atoms. The molecule has 2 aromatic rings. The Morgan fingerprint density at radius 2 is 1.24 bits per heavy atom. The lowest BCUT2D eigenvalue weighted by atomic mass is 9.92. The molecule has 45 heavy (non-hydrogen) atoms. The van der Waals surface area contributed by atoms with Gasteiger partial charge in [0, 0.05) is 5.56 Å². The van der Waals surface area contributed by atoms with Crippen molar-refractivity contribution in [2.75, 3.05) is 13.2 Å². The Morgan fingerprint density at radius 1 is 0.778 bits per heavy atom. The molecule has 0 aromatic heterocycles. The van der Waals surface area contributed by atoms with Crippen LogP contribution in [0.1, 0.15) is 111 Å². The standard InChI is InChI=1S/C18H22O3.C12H14.C7H12O3.2CH4/c1-4-6-7-14-8-10-15(11-9-14)16-12-18(16,13(3)19)17(20)21-5-2;1-3-5-6-12-9-7-11(4-2)8-10-12;1-4-10-7(9)5(2)6(3)8;;/h8-12H,4-7H2,1-3H3;2,7-10H,3,5-6H2,1H3;5H,4H2,1-3H3;2*1H4. The zero-order valence-electron chi connectivity index (χ0n) is 27.0. The van der Waals surface area contributed by atoms with E-state index in [1.807, 2.05) is 24.3 Å². The molecule has 0 saturated heterocycles. The van der Waals surface area contributed by atoms with Crippen molar-refractivity contribution in [1.82, 2.24) is 0 Å². The van der Waals surface area contributed by atoms with E-state index in [0.29, 0.717) is 6.61 Å². The summed E-state index contributed by atoms with van der Waals surface area (Å²) < 4.78 is 9.65. The summed E-state index contributed by atoms with van der Waals surface area (Å²) >= 11 is 0. The largest absolute Gasteiger partial charge is 0.465 e. The van der Waals surface area contributed by atoms with Crippen molar-refractivity contribution in [3.8, 4) is 12.3 Å². The maximum atomic E-state index is 12.1. The highest BCUT2D eigenvalue weighted by Crippen LogP contribution is 2.52. The van der Waals surface area contributed by atoms with Gasteiger partial charge in [-0.2, -0.15) is 0 Å². The Morgan fingerprint density at radius 3 is 1.62 bits per heavy atom. The number of hydrogen-bond donors (Lipinski definition) is 0. The molecule has 1 aliphatic rings. The third-order valence-corrected chi connectivity index (χ3v) is 7.13. The molecule has 2 aromatic carbocycles. The third-order valence-electron chi connectivity index (χ3n) is 7.13. The fourth-order valence-electron chi connectivity index (χ4n) is 4.15. The Balaban J connectivity index is 0. The molecular formula is C39H56O6. The van der Waals surface area contributed by atoms with Crippen LogP contribution >= 0.6 is 0 Å². The monoisotopic (exact) mass is 620 g/mol. The number of carbonyl (C=O) groups is 4. The van der Waals surface area contributed by atoms with Gasteiger partial charge < -0.3 is 9.47 Å². The Labute approximate surface area is 273 Å². The molecule has 0 radical (unpaired) electrons. The quantitative estimate of drug-likeness (QED) is 0.127. The Kier molecular flexibility index (Phi) is 21.6. The number of unbranched alkanes of at least 4 members (excludes halogenated alkanes) is 2. The number of terminal acetylenes is 1. The van der Waals surface area contributed by atoms with Gasteiger partial charge in [0.25, 0.3) is 0 Å². The van der Waals surface area contributed by atoms with Crippen LogP contribution in [0.2, 0.25) is 0 Å². The second kappa shape index (κ2) is 22.5. The van der Waals surface area contributed by atoms with E-state index in [2.05, 4.69) is 48.8 Å². The van der Waals surface area contributed by atoms with E-state index in [1.165, 1.54) is 57.1 Å². The Bertz CT molecular complexity index is 1260. The maximum Gasteiger partial charge on any atom is 0.328 e. The summed E-state index contributed by atoms with van der Waals surface area (Å²) in [7, 11) is 0. The van der Waals surface area contributed by atoms with E-state index < -0.39 is 23.3 Å². The Hall–Kier alpha value is -3.98. The number of esters is 2. The molecule has 1 aliphatic carbocycles. The third kappa shape index (κ3) is 13.7. The lowest BCUT2D eigenvalue weighted by Gasteiger charge is -2.14. The predicted molar refractivity (Wildman–Crippen MR) is 186 cm³/mol. The summed E-state index contributed by atoms with van der Waals surface area (Å²) in [6, 6.07) is 16.4. The molecule has 0 amide bonds. The number of carbonyl (C=O) groups excluding carboxylic acids is 4. The SMILES string of the molecule is C.C.C#Cc1ccc(CCCC)cc1.CCCCc1ccc(C2=CC2(C(C)=O)C(=O)OCC)cc1.CCOC(=O)C(C)C(C)=O. The molecule has 0 saturated carbocycles. The van der Waals surface area contributed by atoms with Crippen molar-refractivity contribution in [2.24, 2.45) is 11.3 Å². The van der Waals surface area contributed by atoms with Gasteiger partial charge in [-0.25, -0.2) is 0 Å². The lowest BCUT2D eigenvalue weighted by Crippen LogP contribution is -2.29. The van der Waals surface area contributed by atoms with Crippen LogP contribution < -0.4 is 0 Å². The van der Waals surface area contributed by atoms with Gasteiger partial charge >= 0.3 is 11.9 Å².